The monoisotopic (exact) mass is 306 g/mol. The molecule has 1 amide bonds. The lowest BCUT2D eigenvalue weighted by Crippen LogP contribution is -2.32. The molecule has 0 saturated carbocycles. The fourth-order valence-electron chi connectivity index (χ4n) is 2.52. The van der Waals surface area contributed by atoms with Crippen LogP contribution < -0.4 is 4.90 Å². The van der Waals surface area contributed by atoms with Gasteiger partial charge in [-0.25, -0.2) is 0 Å². The molecule has 2 aromatic heterocycles. The predicted octanol–water partition coefficient (Wildman–Crippen LogP) is 2.97. The Morgan fingerprint density at radius 2 is 1.83 bits per heavy atom. The van der Waals surface area contributed by atoms with E-state index in [1.54, 1.807) is 29.0 Å². The molecule has 5 nitrogen and oxygen atoms in total. The van der Waals surface area contributed by atoms with Crippen LogP contribution in [0.3, 0.4) is 0 Å². The number of carbonyl (C=O) groups excluding carboxylic acids is 1. The van der Waals surface area contributed by atoms with Crippen molar-refractivity contribution in [1.29, 1.82) is 0 Å². The summed E-state index contributed by atoms with van der Waals surface area (Å²) in [6.45, 7) is 2.37. The first-order valence-corrected chi connectivity index (χ1v) is 7.41. The lowest BCUT2D eigenvalue weighted by atomic mass is 10.2. The number of aromatic nitrogens is 3. The van der Waals surface area contributed by atoms with Crippen molar-refractivity contribution in [3.8, 4) is 0 Å². The molecule has 1 aromatic carbocycles. The van der Waals surface area contributed by atoms with Crippen LogP contribution in [0.15, 0.2) is 60.9 Å². The molecular formula is C18H18N4O. The van der Waals surface area contributed by atoms with Gasteiger partial charge in [-0.2, -0.15) is 5.10 Å². The first-order valence-electron chi connectivity index (χ1n) is 7.41. The molecule has 3 aromatic rings. The SMILES string of the molecule is Cc1cc(C(=O)N(Cc2ccccc2)c2ccncc2)n(C)n1. The maximum absolute atomic E-state index is 13.0. The second-order valence-electron chi connectivity index (χ2n) is 5.38. The minimum Gasteiger partial charge on any atom is -0.303 e. The molecule has 0 fully saturated rings. The number of nitrogens with zero attached hydrogens (tertiary/aromatic N) is 4. The first-order chi connectivity index (χ1) is 11.1. The maximum Gasteiger partial charge on any atom is 0.276 e. The molecule has 0 aliphatic heterocycles. The normalized spacial score (nSPS) is 10.5. The zero-order valence-electron chi connectivity index (χ0n) is 13.2. The van der Waals surface area contributed by atoms with Crippen LogP contribution in [0.1, 0.15) is 21.7 Å². The van der Waals surface area contributed by atoms with Gasteiger partial charge in [-0.1, -0.05) is 30.3 Å². The highest BCUT2D eigenvalue weighted by atomic mass is 16.2. The zero-order valence-corrected chi connectivity index (χ0v) is 13.2. The Morgan fingerprint density at radius 3 is 2.43 bits per heavy atom. The van der Waals surface area contributed by atoms with E-state index in [4.69, 9.17) is 0 Å². The molecule has 0 aliphatic rings. The van der Waals surface area contributed by atoms with E-state index < -0.39 is 0 Å². The summed E-state index contributed by atoms with van der Waals surface area (Å²) in [5, 5.41) is 4.27. The Kier molecular flexibility index (Phi) is 4.19. The van der Waals surface area contributed by atoms with E-state index in [1.807, 2.05) is 55.5 Å². The molecule has 0 bridgehead atoms. The zero-order chi connectivity index (χ0) is 16.2. The Labute approximate surface area is 135 Å². The molecule has 0 unspecified atom stereocenters. The summed E-state index contributed by atoms with van der Waals surface area (Å²) < 4.78 is 1.62. The van der Waals surface area contributed by atoms with E-state index in [-0.39, 0.29) is 5.91 Å². The quantitative estimate of drug-likeness (QED) is 0.744. The number of amides is 1. The molecule has 3 rings (SSSR count). The largest absolute Gasteiger partial charge is 0.303 e. The minimum atomic E-state index is -0.0804. The molecule has 0 radical (unpaired) electrons. The summed E-state index contributed by atoms with van der Waals surface area (Å²) in [6, 6.07) is 15.4. The number of anilines is 1. The molecule has 116 valence electrons. The fourth-order valence-corrected chi connectivity index (χ4v) is 2.52. The van der Waals surface area contributed by atoms with Crippen molar-refractivity contribution in [2.45, 2.75) is 13.5 Å². The number of benzene rings is 1. The maximum atomic E-state index is 13.0. The van der Waals surface area contributed by atoms with Crippen LogP contribution in [0.5, 0.6) is 0 Å². The molecule has 23 heavy (non-hydrogen) atoms. The van der Waals surface area contributed by atoms with Gasteiger partial charge in [-0.15, -0.1) is 0 Å². The predicted molar refractivity (Wildman–Crippen MR) is 89.1 cm³/mol. The van der Waals surface area contributed by atoms with Crippen molar-refractivity contribution in [2.75, 3.05) is 4.90 Å². The van der Waals surface area contributed by atoms with Gasteiger partial charge in [0, 0.05) is 25.1 Å². The third-order valence-corrected chi connectivity index (χ3v) is 3.62. The van der Waals surface area contributed by atoms with Crippen molar-refractivity contribution in [2.24, 2.45) is 7.05 Å². The van der Waals surface area contributed by atoms with Crippen LogP contribution in [0.25, 0.3) is 0 Å². The van der Waals surface area contributed by atoms with Gasteiger partial charge < -0.3 is 4.90 Å². The molecular weight excluding hydrogens is 288 g/mol. The van der Waals surface area contributed by atoms with Crippen LogP contribution in [0.4, 0.5) is 5.69 Å². The second kappa shape index (κ2) is 6.44. The average molecular weight is 306 g/mol. The molecule has 0 N–H and O–H groups in total. The van der Waals surface area contributed by atoms with Crippen molar-refractivity contribution in [3.05, 3.63) is 77.9 Å². The molecule has 0 saturated heterocycles. The summed E-state index contributed by atoms with van der Waals surface area (Å²) in [5.74, 6) is -0.0804. The molecule has 0 aliphatic carbocycles. The Morgan fingerprint density at radius 1 is 1.13 bits per heavy atom. The summed E-state index contributed by atoms with van der Waals surface area (Å²) in [5.41, 5.74) is 3.27. The van der Waals surface area contributed by atoms with E-state index in [0.29, 0.717) is 12.2 Å². The molecule has 2 heterocycles. The second-order valence-corrected chi connectivity index (χ2v) is 5.38. The molecule has 0 atom stereocenters. The highest BCUT2D eigenvalue weighted by Gasteiger charge is 2.21. The summed E-state index contributed by atoms with van der Waals surface area (Å²) in [6.07, 6.45) is 3.38. The van der Waals surface area contributed by atoms with Gasteiger partial charge >= 0.3 is 0 Å². The van der Waals surface area contributed by atoms with Gasteiger partial charge in [-0.05, 0) is 30.7 Å². The van der Waals surface area contributed by atoms with Gasteiger partial charge in [0.2, 0.25) is 0 Å². The number of hydrogen-bond donors (Lipinski definition) is 0. The number of pyridine rings is 1. The summed E-state index contributed by atoms with van der Waals surface area (Å²) >= 11 is 0. The van der Waals surface area contributed by atoms with Crippen LogP contribution in [-0.2, 0) is 13.6 Å². The number of hydrogen-bond acceptors (Lipinski definition) is 3. The Hall–Kier alpha value is -2.95. The van der Waals surface area contributed by atoms with Crippen LogP contribution >= 0.6 is 0 Å². The third kappa shape index (κ3) is 3.29. The number of aryl methyl sites for hydroxylation is 2. The Balaban J connectivity index is 1.98. The fraction of sp³-hybridized carbons (Fsp3) is 0.167. The highest BCUT2D eigenvalue weighted by Crippen LogP contribution is 2.19. The van der Waals surface area contributed by atoms with Crippen LogP contribution in [0.2, 0.25) is 0 Å². The summed E-state index contributed by atoms with van der Waals surface area (Å²) in [7, 11) is 1.79. The highest BCUT2D eigenvalue weighted by molar-refractivity contribution is 6.04. The van der Waals surface area contributed by atoms with E-state index in [0.717, 1.165) is 16.9 Å². The van der Waals surface area contributed by atoms with E-state index in [1.165, 1.54) is 0 Å². The minimum absolute atomic E-state index is 0.0804. The first kappa shape index (κ1) is 15.0. The molecule has 5 heteroatoms. The van der Waals surface area contributed by atoms with Crippen molar-refractivity contribution in [1.82, 2.24) is 14.8 Å². The van der Waals surface area contributed by atoms with Crippen LogP contribution in [0, 0.1) is 6.92 Å². The van der Waals surface area contributed by atoms with Crippen LogP contribution in [-0.4, -0.2) is 20.7 Å². The van der Waals surface area contributed by atoms with E-state index in [9.17, 15) is 4.79 Å². The third-order valence-electron chi connectivity index (χ3n) is 3.62. The Bertz CT molecular complexity index is 796. The standard InChI is InChI=1S/C18H18N4O/c1-14-12-17(21(2)20-14)18(23)22(16-8-10-19-11-9-16)13-15-6-4-3-5-7-15/h3-12H,13H2,1-2H3. The van der Waals surface area contributed by atoms with E-state index >= 15 is 0 Å². The number of rotatable bonds is 4. The van der Waals surface area contributed by atoms with Crippen molar-refractivity contribution in [3.63, 3.8) is 0 Å². The lowest BCUT2D eigenvalue weighted by molar-refractivity contribution is 0.0976. The number of carbonyl (C=O) groups is 1. The van der Waals surface area contributed by atoms with Crippen molar-refractivity contribution >= 4 is 11.6 Å². The lowest BCUT2D eigenvalue weighted by Gasteiger charge is -2.22. The average Bonchev–Trinajstić information content (AvgIpc) is 2.92. The smallest absolute Gasteiger partial charge is 0.276 e. The molecule has 0 spiro atoms. The van der Waals surface area contributed by atoms with Gasteiger partial charge in [-0.3, -0.25) is 14.5 Å². The van der Waals surface area contributed by atoms with Gasteiger partial charge in [0.1, 0.15) is 5.69 Å². The van der Waals surface area contributed by atoms with Crippen molar-refractivity contribution < 1.29 is 4.79 Å². The topological polar surface area (TPSA) is 51.0 Å². The van der Waals surface area contributed by atoms with Gasteiger partial charge in [0.15, 0.2) is 0 Å². The summed E-state index contributed by atoms with van der Waals surface area (Å²) in [4.78, 5) is 18.8. The van der Waals surface area contributed by atoms with Gasteiger partial charge in [0.25, 0.3) is 5.91 Å². The van der Waals surface area contributed by atoms with Gasteiger partial charge in [0.05, 0.1) is 12.2 Å². The van der Waals surface area contributed by atoms with E-state index in [2.05, 4.69) is 10.1 Å².